The number of carbonyl (C=O) groups is 1. The van der Waals surface area contributed by atoms with Crippen molar-refractivity contribution in [2.45, 2.75) is 0 Å². The highest BCUT2D eigenvalue weighted by atomic mass is 16.1. The van der Waals surface area contributed by atoms with Gasteiger partial charge in [-0.2, -0.15) is 0 Å². The van der Waals surface area contributed by atoms with Crippen LogP contribution in [0.3, 0.4) is 0 Å². The van der Waals surface area contributed by atoms with Crippen LogP contribution in [0.25, 0.3) is 17.2 Å². The van der Waals surface area contributed by atoms with Gasteiger partial charge in [-0.05, 0) is 16.7 Å². The Morgan fingerprint density at radius 3 is 2.31 bits per heavy atom. The van der Waals surface area contributed by atoms with Crippen LogP contribution in [0.4, 0.5) is 0 Å². The molecular weight excluding hydrogens is 196 g/mol. The van der Waals surface area contributed by atoms with Gasteiger partial charge in [0.05, 0.1) is 0 Å². The Bertz CT molecular complexity index is 609. The molecule has 0 radical (unpaired) electrons. The molecular formula is C15H10O. The molecule has 0 heterocycles. The maximum Gasteiger partial charge on any atom is 0.194 e. The number of rotatable bonds is 1. The molecule has 3 rings (SSSR count). The average molecular weight is 206 g/mol. The summed E-state index contributed by atoms with van der Waals surface area (Å²) in [7, 11) is 0. The number of fused-ring (bicyclic) bond motifs is 3. The lowest BCUT2D eigenvalue weighted by Gasteiger charge is -2.01. The lowest BCUT2D eigenvalue weighted by Crippen LogP contribution is -1.97. The summed E-state index contributed by atoms with van der Waals surface area (Å²) in [6.45, 7) is 3.75. The summed E-state index contributed by atoms with van der Waals surface area (Å²) >= 11 is 0. The third-order valence-corrected chi connectivity index (χ3v) is 3.01. The minimum atomic E-state index is 0.112. The fourth-order valence-corrected chi connectivity index (χ4v) is 2.27. The molecule has 1 heteroatoms. The van der Waals surface area contributed by atoms with Gasteiger partial charge in [-0.1, -0.05) is 55.1 Å². The summed E-state index contributed by atoms with van der Waals surface area (Å²) in [6.07, 6.45) is 1.74. The van der Waals surface area contributed by atoms with Gasteiger partial charge in [0.25, 0.3) is 0 Å². The molecule has 16 heavy (non-hydrogen) atoms. The van der Waals surface area contributed by atoms with E-state index in [0.29, 0.717) is 0 Å². The van der Waals surface area contributed by atoms with Crippen LogP contribution in [0.1, 0.15) is 21.5 Å². The summed E-state index contributed by atoms with van der Waals surface area (Å²) in [5.41, 5.74) is 4.56. The van der Waals surface area contributed by atoms with Gasteiger partial charge in [-0.25, -0.2) is 0 Å². The van der Waals surface area contributed by atoms with E-state index in [1.165, 1.54) is 0 Å². The molecule has 0 saturated heterocycles. The first-order valence-electron chi connectivity index (χ1n) is 5.22. The number of benzene rings is 2. The van der Waals surface area contributed by atoms with E-state index in [2.05, 4.69) is 6.58 Å². The predicted molar refractivity (Wildman–Crippen MR) is 65.4 cm³/mol. The molecule has 0 aliphatic heterocycles. The lowest BCUT2D eigenvalue weighted by molar-refractivity contribution is 0.104. The summed E-state index contributed by atoms with van der Waals surface area (Å²) in [4.78, 5) is 12.2. The van der Waals surface area contributed by atoms with Gasteiger partial charge in [0, 0.05) is 11.1 Å². The zero-order chi connectivity index (χ0) is 11.1. The molecule has 0 spiro atoms. The van der Waals surface area contributed by atoms with Crippen molar-refractivity contribution in [1.82, 2.24) is 0 Å². The maximum absolute atomic E-state index is 12.2. The monoisotopic (exact) mass is 206 g/mol. The Hall–Kier alpha value is -2.15. The summed E-state index contributed by atoms with van der Waals surface area (Å²) in [5, 5.41) is 0. The first-order chi connectivity index (χ1) is 7.83. The quantitative estimate of drug-likeness (QED) is 0.595. The zero-order valence-corrected chi connectivity index (χ0v) is 8.73. The van der Waals surface area contributed by atoms with Crippen molar-refractivity contribution in [3.63, 3.8) is 0 Å². The Morgan fingerprint density at radius 1 is 0.875 bits per heavy atom. The highest BCUT2D eigenvalue weighted by molar-refractivity contribution is 6.23. The van der Waals surface area contributed by atoms with Crippen molar-refractivity contribution in [3.05, 3.63) is 65.7 Å². The second kappa shape index (κ2) is 3.17. The van der Waals surface area contributed by atoms with Crippen LogP contribution >= 0.6 is 0 Å². The van der Waals surface area contributed by atoms with Crippen molar-refractivity contribution >= 4 is 11.9 Å². The van der Waals surface area contributed by atoms with Crippen LogP contribution in [0, 0.1) is 0 Å². The molecule has 2 aromatic carbocycles. The molecule has 0 unspecified atom stereocenters. The number of hydrogen-bond acceptors (Lipinski definition) is 1. The average Bonchev–Trinajstić information content (AvgIpc) is 2.64. The topological polar surface area (TPSA) is 17.1 Å². The van der Waals surface area contributed by atoms with E-state index in [9.17, 15) is 4.79 Å². The van der Waals surface area contributed by atoms with Gasteiger partial charge >= 0.3 is 0 Å². The normalized spacial score (nSPS) is 12.1. The molecule has 1 nitrogen and oxygen atoms in total. The first kappa shape index (κ1) is 9.10. The van der Waals surface area contributed by atoms with Crippen molar-refractivity contribution in [3.8, 4) is 11.1 Å². The van der Waals surface area contributed by atoms with E-state index >= 15 is 0 Å². The summed E-state index contributed by atoms with van der Waals surface area (Å²) in [5.74, 6) is 0.112. The van der Waals surface area contributed by atoms with Gasteiger partial charge in [-0.15, -0.1) is 0 Å². The number of carbonyl (C=O) groups excluding carboxylic acids is 1. The molecule has 0 fully saturated rings. The second-order valence-corrected chi connectivity index (χ2v) is 3.85. The van der Waals surface area contributed by atoms with Gasteiger partial charge in [0.1, 0.15) is 0 Å². The Labute approximate surface area is 94.0 Å². The molecule has 0 saturated carbocycles. The number of ketones is 1. The third kappa shape index (κ3) is 1.03. The van der Waals surface area contributed by atoms with Crippen LogP contribution in [-0.4, -0.2) is 5.78 Å². The minimum Gasteiger partial charge on any atom is -0.289 e. The third-order valence-electron chi connectivity index (χ3n) is 3.01. The van der Waals surface area contributed by atoms with E-state index in [0.717, 1.165) is 27.8 Å². The van der Waals surface area contributed by atoms with Gasteiger partial charge < -0.3 is 0 Å². The summed E-state index contributed by atoms with van der Waals surface area (Å²) < 4.78 is 0. The van der Waals surface area contributed by atoms with E-state index < -0.39 is 0 Å². The molecule has 0 N–H and O–H groups in total. The molecule has 0 atom stereocenters. The number of hydrogen-bond donors (Lipinski definition) is 0. The molecule has 0 aromatic heterocycles. The zero-order valence-electron chi connectivity index (χ0n) is 8.73. The van der Waals surface area contributed by atoms with Crippen molar-refractivity contribution in [2.24, 2.45) is 0 Å². The molecule has 1 aliphatic rings. The van der Waals surface area contributed by atoms with Crippen molar-refractivity contribution in [2.75, 3.05) is 0 Å². The Morgan fingerprint density at radius 2 is 1.56 bits per heavy atom. The fraction of sp³-hybridized carbons (Fsp3) is 0. The van der Waals surface area contributed by atoms with Crippen LogP contribution in [0.5, 0.6) is 0 Å². The fourth-order valence-electron chi connectivity index (χ4n) is 2.27. The molecule has 0 amide bonds. The standard InChI is InChI=1S/C15H10O/c1-2-10-6-5-9-12-11-7-3-4-8-13(11)15(16)14(10)12/h2-9H,1H2. The molecule has 0 bridgehead atoms. The van der Waals surface area contributed by atoms with Crippen LogP contribution < -0.4 is 0 Å². The lowest BCUT2D eigenvalue weighted by atomic mass is 10.0. The first-order valence-corrected chi connectivity index (χ1v) is 5.22. The van der Waals surface area contributed by atoms with Gasteiger partial charge in [0.15, 0.2) is 5.78 Å². The Kier molecular flexibility index (Phi) is 1.80. The largest absolute Gasteiger partial charge is 0.289 e. The van der Waals surface area contributed by atoms with Crippen LogP contribution in [-0.2, 0) is 0 Å². The van der Waals surface area contributed by atoms with Crippen LogP contribution in [0.2, 0.25) is 0 Å². The van der Waals surface area contributed by atoms with E-state index in [-0.39, 0.29) is 5.78 Å². The minimum absolute atomic E-state index is 0.112. The highest BCUT2D eigenvalue weighted by Gasteiger charge is 2.27. The smallest absolute Gasteiger partial charge is 0.194 e. The van der Waals surface area contributed by atoms with E-state index in [4.69, 9.17) is 0 Å². The highest BCUT2D eigenvalue weighted by Crippen LogP contribution is 2.38. The van der Waals surface area contributed by atoms with Crippen molar-refractivity contribution in [1.29, 1.82) is 0 Å². The van der Waals surface area contributed by atoms with E-state index in [1.807, 2.05) is 42.5 Å². The second-order valence-electron chi connectivity index (χ2n) is 3.85. The van der Waals surface area contributed by atoms with Gasteiger partial charge in [0.2, 0.25) is 0 Å². The Balaban J connectivity index is 2.41. The van der Waals surface area contributed by atoms with E-state index in [1.54, 1.807) is 6.08 Å². The molecule has 1 aliphatic carbocycles. The van der Waals surface area contributed by atoms with Crippen LogP contribution in [0.15, 0.2) is 49.0 Å². The van der Waals surface area contributed by atoms with Crippen molar-refractivity contribution < 1.29 is 4.79 Å². The molecule has 2 aromatic rings. The SMILES string of the molecule is C=Cc1cccc2c1C(=O)c1ccccc1-2. The molecule has 76 valence electrons. The predicted octanol–water partition coefficient (Wildman–Crippen LogP) is 3.54. The van der Waals surface area contributed by atoms with Gasteiger partial charge in [-0.3, -0.25) is 4.79 Å². The summed E-state index contributed by atoms with van der Waals surface area (Å²) in [6, 6.07) is 13.6. The maximum atomic E-state index is 12.2.